The monoisotopic (exact) mass is 626 g/mol. The number of likely N-dealkylation sites (N-methyl/N-ethyl adjacent to an activating group) is 1. The first-order valence-corrected chi connectivity index (χ1v) is 16.7. The van der Waals surface area contributed by atoms with Crippen LogP contribution in [0.3, 0.4) is 0 Å². The zero-order chi connectivity index (χ0) is 31.3. The molecule has 4 heterocycles. The van der Waals surface area contributed by atoms with Gasteiger partial charge in [0.15, 0.2) is 6.23 Å². The Morgan fingerprint density at radius 1 is 1.16 bits per heavy atom. The summed E-state index contributed by atoms with van der Waals surface area (Å²) in [5.74, 6) is -1.16. The summed E-state index contributed by atoms with van der Waals surface area (Å²) in [6, 6.07) is 6.99. The van der Waals surface area contributed by atoms with Crippen LogP contribution in [0, 0.1) is 17.6 Å². The molecular weight excluding hydrogens is 582 g/mol. The van der Waals surface area contributed by atoms with E-state index < -0.39 is 23.2 Å². The van der Waals surface area contributed by atoms with Gasteiger partial charge in [-0.05, 0) is 88.7 Å². The van der Waals surface area contributed by atoms with Gasteiger partial charge in [0, 0.05) is 59.3 Å². The first-order valence-electron chi connectivity index (χ1n) is 15.8. The van der Waals surface area contributed by atoms with E-state index in [0.29, 0.717) is 30.4 Å². The molecule has 0 radical (unpaired) electrons. The average molecular weight is 627 g/mol. The van der Waals surface area contributed by atoms with Gasteiger partial charge in [0.2, 0.25) is 0 Å². The van der Waals surface area contributed by atoms with Gasteiger partial charge < -0.3 is 14.4 Å². The highest BCUT2D eigenvalue weighted by Gasteiger charge is 2.40. The lowest BCUT2D eigenvalue weighted by molar-refractivity contribution is -0.0366. The van der Waals surface area contributed by atoms with E-state index in [9.17, 15) is 4.79 Å². The Morgan fingerprint density at radius 3 is 2.52 bits per heavy atom. The van der Waals surface area contributed by atoms with E-state index in [4.69, 9.17) is 14.6 Å². The molecule has 7 nitrogen and oxygen atoms in total. The number of hydrogen-bond acceptors (Lipinski definition) is 6. The first-order chi connectivity index (χ1) is 20.9. The number of amides is 1. The van der Waals surface area contributed by atoms with Gasteiger partial charge in [-0.15, -0.1) is 11.8 Å². The zero-order valence-electron chi connectivity index (χ0n) is 26.6. The Balaban J connectivity index is 1.30. The van der Waals surface area contributed by atoms with Crippen LogP contribution in [0.4, 0.5) is 13.6 Å². The van der Waals surface area contributed by atoms with Gasteiger partial charge in [-0.1, -0.05) is 19.9 Å². The van der Waals surface area contributed by atoms with Gasteiger partial charge in [-0.2, -0.15) is 5.10 Å². The first kappa shape index (κ1) is 31.3. The number of likely N-dealkylation sites (tertiary alicyclic amines) is 1. The van der Waals surface area contributed by atoms with Crippen LogP contribution in [-0.4, -0.2) is 69.3 Å². The van der Waals surface area contributed by atoms with Gasteiger partial charge >= 0.3 is 6.09 Å². The molecule has 3 aliphatic rings. The van der Waals surface area contributed by atoms with Crippen LogP contribution in [0.5, 0.6) is 0 Å². The van der Waals surface area contributed by atoms with Crippen LogP contribution in [0.15, 0.2) is 35.4 Å². The quantitative estimate of drug-likeness (QED) is 0.279. The van der Waals surface area contributed by atoms with Crippen molar-refractivity contribution in [2.45, 2.75) is 101 Å². The van der Waals surface area contributed by atoms with E-state index in [-0.39, 0.29) is 29.2 Å². The maximum absolute atomic E-state index is 16.2. The molecule has 3 atom stereocenters. The molecule has 1 unspecified atom stereocenters. The molecule has 0 saturated carbocycles. The van der Waals surface area contributed by atoms with Crippen molar-refractivity contribution in [3.05, 3.63) is 58.8 Å². The van der Waals surface area contributed by atoms with E-state index in [2.05, 4.69) is 37.9 Å². The van der Waals surface area contributed by atoms with Crippen molar-refractivity contribution >= 4 is 28.8 Å². The summed E-state index contributed by atoms with van der Waals surface area (Å²) in [5, 5.41) is 5.80. The predicted molar refractivity (Wildman–Crippen MR) is 169 cm³/mol. The molecule has 44 heavy (non-hydrogen) atoms. The minimum absolute atomic E-state index is 0.0559. The number of hydrogen-bond donors (Lipinski definition) is 0. The number of aromatic nitrogens is 2. The third-order valence-corrected chi connectivity index (χ3v) is 10.1. The van der Waals surface area contributed by atoms with Gasteiger partial charge in [0.25, 0.3) is 0 Å². The third-order valence-electron chi connectivity index (χ3n) is 8.93. The van der Waals surface area contributed by atoms with Crippen molar-refractivity contribution < 1.29 is 23.0 Å². The minimum atomic E-state index is -0.563. The highest BCUT2D eigenvalue weighted by atomic mass is 32.2. The minimum Gasteiger partial charge on any atom is -0.444 e. The summed E-state index contributed by atoms with van der Waals surface area (Å²) in [6.07, 6.45) is 5.36. The number of nitrogens with zero attached hydrogens (tertiary/aromatic N) is 4. The Bertz CT molecular complexity index is 1500. The molecule has 1 amide bonds. The van der Waals surface area contributed by atoms with Gasteiger partial charge in [-0.3, -0.25) is 4.90 Å². The van der Waals surface area contributed by atoms with Crippen LogP contribution in [0.25, 0.3) is 10.9 Å². The second-order valence-corrected chi connectivity index (χ2v) is 15.4. The highest BCUT2D eigenvalue weighted by molar-refractivity contribution is 8.00. The second-order valence-electron chi connectivity index (χ2n) is 14.0. The van der Waals surface area contributed by atoms with E-state index in [1.807, 2.05) is 31.6 Å². The number of ether oxygens (including phenoxy) is 2. The second kappa shape index (κ2) is 12.2. The van der Waals surface area contributed by atoms with Crippen LogP contribution in [0.1, 0.15) is 89.1 Å². The van der Waals surface area contributed by atoms with E-state index in [1.165, 1.54) is 23.9 Å². The van der Waals surface area contributed by atoms with Crippen molar-refractivity contribution in [3.63, 3.8) is 0 Å². The summed E-state index contributed by atoms with van der Waals surface area (Å²) in [4.78, 5) is 16.7. The molecule has 3 aromatic rings. The Hall–Kier alpha value is -2.69. The molecule has 6 rings (SSSR count). The fourth-order valence-electron chi connectivity index (χ4n) is 6.89. The lowest BCUT2D eigenvalue weighted by atomic mass is 9.75. The molecular formula is C34H44F2N4O3S. The molecule has 2 saturated heterocycles. The summed E-state index contributed by atoms with van der Waals surface area (Å²) in [7, 11) is 2.06. The molecule has 0 bridgehead atoms. The van der Waals surface area contributed by atoms with Crippen molar-refractivity contribution in [3.8, 4) is 0 Å². The fourth-order valence-corrected chi connectivity index (χ4v) is 8.13. The van der Waals surface area contributed by atoms with E-state index in [1.54, 1.807) is 4.90 Å². The lowest BCUT2D eigenvalue weighted by Crippen LogP contribution is -2.53. The average Bonchev–Trinajstić information content (AvgIpc) is 3.35. The maximum atomic E-state index is 16.2. The number of halogens is 2. The molecule has 2 aromatic carbocycles. The fraction of sp³-hybridized carbons (Fsp3) is 0.588. The normalized spacial score (nSPS) is 23.2. The van der Waals surface area contributed by atoms with Crippen LogP contribution < -0.4 is 0 Å². The molecule has 3 aliphatic heterocycles. The Morgan fingerprint density at radius 2 is 1.89 bits per heavy atom. The van der Waals surface area contributed by atoms with Gasteiger partial charge in [-0.25, -0.2) is 18.3 Å². The molecule has 1 aromatic heterocycles. The molecule has 10 heteroatoms. The van der Waals surface area contributed by atoms with Crippen molar-refractivity contribution in [1.82, 2.24) is 19.6 Å². The van der Waals surface area contributed by atoms with Crippen molar-refractivity contribution in [1.29, 1.82) is 0 Å². The van der Waals surface area contributed by atoms with Crippen molar-refractivity contribution in [2.24, 2.45) is 5.92 Å². The topological polar surface area (TPSA) is 59.8 Å². The highest BCUT2D eigenvalue weighted by Crippen LogP contribution is 2.45. The van der Waals surface area contributed by atoms with Crippen LogP contribution in [-0.2, 0) is 16.0 Å². The third kappa shape index (κ3) is 6.22. The number of fused-ring (bicyclic) bond motifs is 3. The van der Waals surface area contributed by atoms with E-state index in [0.717, 1.165) is 54.3 Å². The van der Waals surface area contributed by atoms with Gasteiger partial charge in [0.1, 0.15) is 17.2 Å². The summed E-state index contributed by atoms with van der Waals surface area (Å²) in [5.41, 5.74) is 2.60. The molecule has 0 aliphatic carbocycles. The Labute approximate surface area is 263 Å². The van der Waals surface area contributed by atoms with E-state index >= 15 is 8.78 Å². The summed E-state index contributed by atoms with van der Waals surface area (Å²) < 4.78 is 45.8. The number of carbonyl (C=O) groups is 1. The number of thioether (sulfide) groups is 1. The standard InChI is InChI=1S/C34H44F2N4O3S/c1-20(2)13-29-31(23-10-11-28-24(25(23)19-38(29)6)16-37-40(28)30-9-7-8-12-42-30)32-26(35)14-21(15-27(32)36)44-22-17-39(18-22)33(41)43-34(3,4)5/h10-11,14-16,20,22,29-31H,7-9,12-13,17-19H2,1-6H3/t29-,30?,31+/m0/s1. The molecule has 238 valence electrons. The lowest BCUT2D eigenvalue weighted by Gasteiger charge is -2.42. The number of rotatable bonds is 6. The maximum Gasteiger partial charge on any atom is 0.410 e. The number of carbonyl (C=O) groups excluding carboxylic acids is 1. The Kier molecular flexibility index (Phi) is 8.71. The molecule has 2 fully saturated rings. The molecule has 0 N–H and O–H groups in total. The van der Waals surface area contributed by atoms with Crippen LogP contribution >= 0.6 is 11.8 Å². The van der Waals surface area contributed by atoms with Crippen molar-refractivity contribution in [2.75, 3.05) is 26.7 Å². The SMILES string of the molecule is CC(C)C[C@H]1[C@H](c2c(F)cc(SC3CN(C(=O)OC(C)(C)C)C3)cc2F)c2ccc3c(cnn3C3CCCCO3)c2CN1C. The predicted octanol–water partition coefficient (Wildman–Crippen LogP) is 7.72. The summed E-state index contributed by atoms with van der Waals surface area (Å²) in [6.45, 7) is 12.2. The zero-order valence-corrected chi connectivity index (χ0v) is 27.4. The molecule has 0 spiro atoms. The largest absolute Gasteiger partial charge is 0.444 e. The number of benzene rings is 2. The smallest absolute Gasteiger partial charge is 0.410 e. The van der Waals surface area contributed by atoms with Gasteiger partial charge in [0.05, 0.1) is 11.7 Å². The summed E-state index contributed by atoms with van der Waals surface area (Å²) >= 11 is 1.41. The van der Waals surface area contributed by atoms with Crippen LogP contribution in [0.2, 0.25) is 0 Å².